The van der Waals surface area contributed by atoms with Gasteiger partial charge in [-0.3, -0.25) is 0 Å². The molecule has 22 heavy (non-hydrogen) atoms. The van der Waals surface area contributed by atoms with E-state index in [0.717, 1.165) is 30.3 Å². The molecule has 0 amide bonds. The maximum atomic E-state index is 13.2. The largest absolute Gasteiger partial charge is 0.418 e. The predicted molar refractivity (Wildman–Crippen MR) is 78.1 cm³/mol. The van der Waals surface area contributed by atoms with Gasteiger partial charge in [-0.15, -0.1) is 0 Å². The molecule has 3 rings (SSSR count). The summed E-state index contributed by atoms with van der Waals surface area (Å²) in [7, 11) is 0. The molecule has 0 unspecified atom stereocenters. The smallest absolute Gasteiger partial charge is 0.381 e. The van der Waals surface area contributed by atoms with Crippen molar-refractivity contribution in [3.8, 4) is 5.69 Å². The monoisotopic (exact) mass is 310 g/mol. The third kappa shape index (κ3) is 2.81. The van der Waals surface area contributed by atoms with Crippen molar-refractivity contribution in [2.75, 3.05) is 18.4 Å². The number of aromatic nitrogens is 2. The fraction of sp³-hybridized carbons (Fsp3) is 0.400. The van der Waals surface area contributed by atoms with Crippen molar-refractivity contribution in [2.45, 2.75) is 24.9 Å². The van der Waals surface area contributed by atoms with Crippen LogP contribution in [0.2, 0.25) is 0 Å². The van der Waals surface area contributed by atoms with Gasteiger partial charge in [0.1, 0.15) is 0 Å². The zero-order valence-corrected chi connectivity index (χ0v) is 11.9. The second-order valence-electron chi connectivity index (χ2n) is 5.36. The molecule has 1 aromatic carbocycles. The van der Waals surface area contributed by atoms with E-state index in [-0.39, 0.29) is 11.6 Å². The Morgan fingerprint density at radius 1 is 1.27 bits per heavy atom. The fourth-order valence-corrected chi connectivity index (χ4v) is 2.54. The molecule has 1 aromatic heterocycles. The quantitative estimate of drug-likeness (QED) is 0.892. The van der Waals surface area contributed by atoms with Gasteiger partial charge in [-0.25, -0.2) is 4.68 Å². The number of hydrogen-bond donors (Lipinski definition) is 2. The number of nitrogens with two attached hydrogens (primary N) is 1. The normalized spacial score (nSPS) is 15.1. The first-order valence-electron chi connectivity index (χ1n) is 7.21. The Labute approximate surface area is 126 Å². The first-order chi connectivity index (χ1) is 10.5. The molecule has 118 valence electrons. The molecule has 1 aliphatic carbocycles. The van der Waals surface area contributed by atoms with E-state index in [0.29, 0.717) is 13.1 Å². The van der Waals surface area contributed by atoms with E-state index in [1.54, 1.807) is 12.3 Å². The van der Waals surface area contributed by atoms with Gasteiger partial charge in [-0.2, -0.15) is 18.3 Å². The molecule has 4 nitrogen and oxygen atoms in total. The molecular formula is C15H17F3N4. The number of rotatable bonds is 5. The van der Waals surface area contributed by atoms with E-state index in [9.17, 15) is 13.2 Å². The molecule has 0 saturated heterocycles. The van der Waals surface area contributed by atoms with Crippen molar-refractivity contribution in [1.29, 1.82) is 0 Å². The number of alkyl halides is 3. The third-order valence-corrected chi connectivity index (χ3v) is 3.67. The molecular weight excluding hydrogens is 293 g/mol. The van der Waals surface area contributed by atoms with E-state index < -0.39 is 11.7 Å². The zero-order valence-electron chi connectivity index (χ0n) is 11.9. The number of nitrogens with one attached hydrogen (secondary N) is 1. The molecule has 3 N–H and O–H groups in total. The van der Waals surface area contributed by atoms with Crippen LogP contribution in [0.15, 0.2) is 30.5 Å². The van der Waals surface area contributed by atoms with Gasteiger partial charge < -0.3 is 11.1 Å². The Morgan fingerprint density at radius 3 is 2.64 bits per heavy atom. The SMILES string of the molecule is NCCNc1cnn(-c2ccccc2C(F)(F)F)c1C1CC1. The minimum atomic E-state index is -4.41. The van der Waals surface area contributed by atoms with Crippen LogP contribution in [-0.4, -0.2) is 22.9 Å². The summed E-state index contributed by atoms with van der Waals surface area (Å²) in [6, 6.07) is 5.52. The van der Waals surface area contributed by atoms with Crippen molar-refractivity contribution in [3.05, 3.63) is 41.7 Å². The zero-order chi connectivity index (χ0) is 15.7. The number of hydrogen-bond acceptors (Lipinski definition) is 3. The van der Waals surface area contributed by atoms with Crippen molar-refractivity contribution in [3.63, 3.8) is 0 Å². The van der Waals surface area contributed by atoms with Crippen LogP contribution in [0.3, 0.4) is 0 Å². The summed E-state index contributed by atoms with van der Waals surface area (Å²) in [4.78, 5) is 0. The Hall–Kier alpha value is -2.02. The van der Waals surface area contributed by atoms with Crippen LogP contribution in [0, 0.1) is 0 Å². The Morgan fingerprint density at radius 2 is 2.00 bits per heavy atom. The lowest BCUT2D eigenvalue weighted by molar-refractivity contribution is -0.137. The number of halogens is 3. The highest BCUT2D eigenvalue weighted by molar-refractivity contribution is 5.55. The van der Waals surface area contributed by atoms with Gasteiger partial charge in [0.2, 0.25) is 0 Å². The molecule has 7 heteroatoms. The average Bonchev–Trinajstić information content (AvgIpc) is 3.24. The first-order valence-corrected chi connectivity index (χ1v) is 7.21. The molecule has 0 bridgehead atoms. The van der Waals surface area contributed by atoms with Crippen molar-refractivity contribution >= 4 is 5.69 Å². The summed E-state index contributed by atoms with van der Waals surface area (Å²) < 4.78 is 41.1. The highest BCUT2D eigenvalue weighted by Gasteiger charge is 2.36. The van der Waals surface area contributed by atoms with Crippen LogP contribution in [0.25, 0.3) is 5.69 Å². The predicted octanol–water partition coefficient (Wildman–Crippen LogP) is 3.14. The van der Waals surface area contributed by atoms with Crippen LogP contribution in [0.1, 0.15) is 30.0 Å². The maximum absolute atomic E-state index is 13.2. The van der Waals surface area contributed by atoms with Crippen LogP contribution in [-0.2, 0) is 6.18 Å². The number of para-hydroxylation sites is 1. The lowest BCUT2D eigenvalue weighted by Gasteiger charge is -2.15. The summed E-state index contributed by atoms with van der Waals surface area (Å²) in [5.41, 5.74) is 6.45. The van der Waals surface area contributed by atoms with Gasteiger partial charge in [0.05, 0.1) is 28.8 Å². The first kappa shape index (κ1) is 14.9. The van der Waals surface area contributed by atoms with E-state index in [2.05, 4.69) is 10.4 Å². The van der Waals surface area contributed by atoms with Gasteiger partial charge in [-0.05, 0) is 25.0 Å². The van der Waals surface area contributed by atoms with E-state index >= 15 is 0 Å². The van der Waals surface area contributed by atoms with Crippen LogP contribution < -0.4 is 11.1 Å². The second kappa shape index (κ2) is 5.64. The minimum absolute atomic E-state index is 0.0673. The van der Waals surface area contributed by atoms with Gasteiger partial charge in [0.25, 0.3) is 0 Å². The Bertz CT molecular complexity index is 659. The topological polar surface area (TPSA) is 55.9 Å². The maximum Gasteiger partial charge on any atom is 0.418 e. The standard InChI is InChI=1S/C15H17F3N4/c16-15(17,18)11-3-1-2-4-13(11)22-14(10-5-6-10)12(9-21-22)20-8-7-19/h1-4,9-10,20H,5-8,19H2. The van der Waals surface area contributed by atoms with Crippen molar-refractivity contribution < 1.29 is 13.2 Å². The van der Waals surface area contributed by atoms with Gasteiger partial charge in [-0.1, -0.05) is 12.1 Å². The molecule has 1 fully saturated rings. The summed E-state index contributed by atoms with van der Waals surface area (Å²) in [6.45, 7) is 1.01. The third-order valence-electron chi connectivity index (χ3n) is 3.67. The summed E-state index contributed by atoms with van der Waals surface area (Å²) in [5, 5.41) is 7.33. The fourth-order valence-electron chi connectivity index (χ4n) is 2.54. The molecule has 0 spiro atoms. The van der Waals surface area contributed by atoms with Crippen LogP contribution in [0.5, 0.6) is 0 Å². The van der Waals surface area contributed by atoms with E-state index in [1.807, 2.05) is 0 Å². The molecule has 1 saturated carbocycles. The number of benzene rings is 1. The second-order valence-corrected chi connectivity index (χ2v) is 5.36. The lowest BCUT2D eigenvalue weighted by atomic mass is 10.1. The minimum Gasteiger partial charge on any atom is -0.381 e. The highest BCUT2D eigenvalue weighted by atomic mass is 19.4. The van der Waals surface area contributed by atoms with E-state index in [4.69, 9.17) is 5.73 Å². The van der Waals surface area contributed by atoms with Gasteiger partial charge in [0.15, 0.2) is 0 Å². The Kier molecular flexibility index (Phi) is 3.82. The number of anilines is 1. The lowest BCUT2D eigenvalue weighted by Crippen LogP contribution is -2.15. The molecule has 2 aromatic rings. The summed E-state index contributed by atoms with van der Waals surface area (Å²) in [5.74, 6) is 0.254. The van der Waals surface area contributed by atoms with Crippen LogP contribution >= 0.6 is 0 Å². The van der Waals surface area contributed by atoms with Crippen molar-refractivity contribution in [1.82, 2.24) is 9.78 Å². The molecule has 0 atom stereocenters. The summed E-state index contributed by atoms with van der Waals surface area (Å²) in [6.07, 6.45) is -0.890. The molecule has 0 radical (unpaired) electrons. The molecule has 0 aliphatic heterocycles. The molecule has 1 heterocycles. The average molecular weight is 310 g/mol. The van der Waals surface area contributed by atoms with Crippen molar-refractivity contribution in [2.24, 2.45) is 5.73 Å². The Balaban J connectivity index is 2.08. The summed E-state index contributed by atoms with van der Waals surface area (Å²) >= 11 is 0. The van der Waals surface area contributed by atoms with Gasteiger partial charge >= 0.3 is 6.18 Å². The number of nitrogens with zero attached hydrogens (tertiary/aromatic N) is 2. The van der Waals surface area contributed by atoms with E-state index in [1.165, 1.54) is 16.8 Å². The van der Waals surface area contributed by atoms with Gasteiger partial charge in [0, 0.05) is 19.0 Å². The van der Waals surface area contributed by atoms with Crippen LogP contribution in [0.4, 0.5) is 18.9 Å². The highest BCUT2D eigenvalue weighted by Crippen LogP contribution is 2.45. The molecule has 1 aliphatic rings.